The molecule has 2 N–H and O–H groups in total. The number of hydrogen-bond acceptors (Lipinski definition) is 5. The summed E-state index contributed by atoms with van der Waals surface area (Å²) in [6.07, 6.45) is 4.46. The minimum Gasteiger partial charge on any atom is -0.384 e. The van der Waals surface area contributed by atoms with Crippen molar-refractivity contribution in [2.75, 3.05) is 39.1 Å². The number of piperidine rings is 1. The molecule has 0 bridgehead atoms. The Morgan fingerprint density at radius 2 is 2.26 bits per heavy atom. The molecule has 1 aliphatic rings. The van der Waals surface area contributed by atoms with Gasteiger partial charge in [-0.15, -0.1) is 0 Å². The summed E-state index contributed by atoms with van der Waals surface area (Å²) in [7, 11) is 1.74. The minimum absolute atomic E-state index is 0.0940. The Morgan fingerprint density at radius 3 is 2.96 bits per heavy atom. The van der Waals surface area contributed by atoms with Crippen molar-refractivity contribution in [2.24, 2.45) is 5.41 Å². The van der Waals surface area contributed by atoms with Gasteiger partial charge in [0.25, 0.3) is 0 Å². The average Bonchev–Trinajstić information content (AvgIpc) is 2.59. The van der Waals surface area contributed by atoms with E-state index in [0.29, 0.717) is 19.6 Å². The number of amides is 1. The van der Waals surface area contributed by atoms with Crippen LogP contribution in [0.15, 0.2) is 24.4 Å². The summed E-state index contributed by atoms with van der Waals surface area (Å²) in [6.45, 7) is 3.42. The number of aromatic nitrogens is 1. The van der Waals surface area contributed by atoms with Gasteiger partial charge in [-0.3, -0.25) is 9.78 Å². The van der Waals surface area contributed by atoms with E-state index < -0.39 is 0 Å². The van der Waals surface area contributed by atoms with Crippen molar-refractivity contribution in [3.63, 3.8) is 0 Å². The van der Waals surface area contributed by atoms with Gasteiger partial charge < -0.3 is 15.4 Å². The van der Waals surface area contributed by atoms with E-state index in [-0.39, 0.29) is 11.3 Å². The largest absolute Gasteiger partial charge is 0.384 e. The molecule has 0 atom stereocenters. The van der Waals surface area contributed by atoms with Gasteiger partial charge in [-0.2, -0.15) is 11.8 Å². The smallest absolute Gasteiger partial charge is 0.220 e. The maximum atomic E-state index is 12.0. The zero-order valence-electron chi connectivity index (χ0n) is 13.8. The van der Waals surface area contributed by atoms with Crippen molar-refractivity contribution in [3.8, 4) is 0 Å². The Morgan fingerprint density at radius 1 is 1.43 bits per heavy atom. The normalized spacial score (nSPS) is 16.9. The number of nitrogens with one attached hydrogen (secondary N) is 2. The molecule has 2 rings (SSSR count). The first-order valence-electron chi connectivity index (χ1n) is 8.18. The van der Waals surface area contributed by atoms with Crippen LogP contribution in [0, 0.1) is 5.41 Å². The first kappa shape index (κ1) is 18.2. The number of carbonyl (C=O) groups is 1. The molecule has 1 fully saturated rings. The highest BCUT2D eigenvalue weighted by atomic mass is 32.2. The molecule has 2 heterocycles. The number of ether oxygens (including phenoxy) is 1. The lowest BCUT2D eigenvalue weighted by molar-refractivity contribution is -0.121. The predicted molar refractivity (Wildman–Crippen MR) is 94.4 cm³/mol. The molecule has 6 heteroatoms. The van der Waals surface area contributed by atoms with Crippen molar-refractivity contribution in [1.82, 2.24) is 15.6 Å². The van der Waals surface area contributed by atoms with Crippen LogP contribution in [-0.4, -0.2) is 50.0 Å². The number of carbonyl (C=O) groups excluding carboxylic acids is 1. The minimum atomic E-state index is 0.0940. The second-order valence-corrected chi connectivity index (χ2v) is 7.19. The van der Waals surface area contributed by atoms with Gasteiger partial charge in [-0.1, -0.05) is 6.07 Å². The molecule has 0 saturated carbocycles. The SMILES string of the molecule is COCC1(CNC(=O)CCSCc2ccccn2)CCNCC1. The third kappa shape index (κ3) is 6.49. The fraction of sp³-hybridized carbons (Fsp3) is 0.647. The van der Waals surface area contributed by atoms with Crippen molar-refractivity contribution >= 4 is 17.7 Å². The third-order valence-electron chi connectivity index (χ3n) is 4.22. The van der Waals surface area contributed by atoms with Crippen molar-refractivity contribution in [2.45, 2.75) is 25.0 Å². The number of methoxy groups -OCH3 is 1. The average molecular weight is 337 g/mol. The summed E-state index contributed by atoms with van der Waals surface area (Å²) in [5.41, 5.74) is 1.16. The molecule has 1 aliphatic heterocycles. The lowest BCUT2D eigenvalue weighted by Gasteiger charge is -2.37. The molecule has 1 amide bonds. The Balaban J connectivity index is 1.64. The van der Waals surface area contributed by atoms with Gasteiger partial charge in [0.1, 0.15) is 0 Å². The van der Waals surface area contributed by atoms with E-state index in [9.17, 15) is 4.79 Å². The number of thioether (sulfide) groups is 1. The van der Waals surface area contributed by atoms with Crippen LogP contribution in [0.25, 0.3) is 0 Å². The molecule has 0 unspecified atom stereocenters. The van der Waals surface area contributed by atoms with Crippen LogP contribution in [-0.2, 0) is 15.3 Å². The van der Waals surface area contributed by atoms with E-state index in [0.717, 1.165) is 43.1 Å². The van der Waals surface area contributed by atoms with Gasteiger partial charge >= 0.3 is 0 Å². The molecule has 5 nitrogen and oxygen atoms in total. The first-order chi connectivity index (χ1) is 11.2. The topological polar surface area (TPSA) is 63.2 Å². The van der Waals surface area contributed by atoms with Crippen LogP contribution in [0.5, 0.6) is 0 Å². The summed E-state index contributed by atoms with van der Waals surface area (Å²) < 4.78 is 5.37. The quantitative estimate of drug-likeness (QED) is 0.673. The maximum Gasteiger partial charge on any atom is 0.220 e. The molecular weight excluding hydrogens is 310 g/mol. The van der Waals surface area contributed by atoms with Gasteiger partial charge in [-0.05, 0) is 38.1 Å². The zero-order chi connectivity index (χ0) is 16.4. The van der Waals surface area contributed by atoms with E-state index in [2.05, 4.69) is 15.6 Å². The number of rotatable bonds is 9. The van der Waals surface area contributed by atoms with Crippen LogP contribution in [0.3, 0.4) is 0 Å². The van der Waals surface area contributed by atoms with Crippen LogP contribution in [0.2, 0.25) is 0 Å². The summed E-state index contributed by atoms with van der Waals surface area (Å²) in [5.74, 6) is 1.81. The maximum absolute atomic E-state index is 12.0. The standard InChI is InChI=1S/C17H27N3O2S/c1-22-14-17(6-9-18-10-7-17)13-20-16(21)5-11-23-12-15-4-2-3-8-19-15/h2-4,8,18H,5-7,9-14H2,1H3,(H,20,21). The van der Waals surface area contributed by atoms with Gasteiger partial charge in [0.2, 0.25) is 5.91 Å². The van der Waals surface area contributed by atoms with Gasteiger partial charge in [0, 0.05) is 43.2 Å². The van der Waals surface area contributed by atoms with Gasteiger partial charge in [0.05, 0.1) is 12.3 Å². The van der Waals surface area contributed by atoms with E-state index in [1.165, 1.54) is 0 Å². The molecule has 128 valence electrons. The molecule has 0 radical (unpaired) electrons. The number of nitrogens with zero attached hydrogens (tertiary/aromatic N) is 1. The van der Waals surface area contributed by atoms with Crippen molar-refractivity contribution in [1.29, 1.82) is 0 Å². The summed E-state index contributed by atoms with van der Waals surface area (Å²) in [5, 5.41) is 6.47. The third-order valence-corrected chi connectivity index (χ3v) is 5.22. The highest BCUT2D eigenvalue weighted by Gasteiger charge is 2.32. The van der Waals surface area contributed by atoms with Crippen molar-refractivity contribution in [3.05, 3.63) is 30.1 Å². The second kappa shape index (κ2) is 9.90. The van der Waals surface area contributed by atoms with Crippen LogP contribution in [0.1, 0.15) is 25.0 Å². The zero-order valence-corrected chi connectivity index (χ0v) is 14.7. The molecule has 0 aromatic carbocycles. The lowest BCUT2D eigenvalue weighted by atomic mass is 9.79. The highest BCUT2D eigenvalue weighted by Crippen LogP contribution is 2.28. The van der Waals surface area contributed by atoms with Crippen LogP contribution in [0.4, 0.5) is 0 Å². The molecular formula is C17H27N3O2S. The summed E-state index contributed by atoms with van der Waals surface area (Å²) >= 11 is 1.75. The summed E-state index contributed by atoms with van der Waals surface area (Å²) in [6, 6.07) is 5.92. The van der Waals surface area contributed by atoms with E-state index in [4.69, 9.17) is 4.74 Å². The molecule has 1 aromatic heterocycles. The molecule has 1 aromatic rings. The van der Waals surface area contributed by atoms with Crippen LogP contribution >= 0.6 is 11.8 Å². The Labute approximate surface area is 143 Å². The molecule has 0 spiro atoms. The second-order valence-electron chi connectivity index (χ2n) is 6.08. The number of hydrogen-bond donors (Lipinski definition) is 2. The predicted octanol–water partition coefficient (Wildman–Crippen LogP) is 1.84. The number of pyridine rings is 1. The van der Waals surface area contributed by atoms with E-state index >= 15 is 0 Å². The van der Waals surface area contributed by atoms with Crippen LogP contribution < -0.4 is 10.6 Å². The molecule has 1 saturated heterocycles. The Kier molecular flexibility index (Phi) is 7.85. The van der Waals surface area contributed by atoms with E-state index in [1.54, 1.807) is 25.1 Å². The van der Waals surface area contributed by atoms with E-state index in [1.807, 2.05) is 18.2 Å². The lowest BCUT2D eigenvalue weighted by Crippen LogP contribution is -2.47. The monoisotopic (exact) mass is 337 g/mol. The fourth-order valence-corrected chi connectivity index (χ4v) is 3.69. The van der Waals surface area contributed by atoms with Crippen molar-refractivity contribution < 1.29 is 9.53 Å². The van der Waals surface area contributed by atoms with Gasteiger partial charge in [-0.25, -0.2) is 0 Å². The summed E-state index contributed by atoms with van der Waals surface area (Å²) in [4.78, 5) is 16.3. The fourth-order valence-electron chi connectivity index (χ4n) is 2.84. The molecule has 23 heavy (non-hydrogen) atoms. The Hall–Kier alpha value is -1.11. The Bertz CT molecular complexity index is 459. The first-order valence-corrected chi connectivity index (χ1v) is 9.34. The van der Waals surface area contributed by atoms with Gasteiger partial charge in [0.15, 0.2) is 0 Å². The molecule has 0 aliphatic carbocycles. The highest BCUT2D eigenvalue weighted by molar-refractivity contribution is 7.98.